The largest absolute Gasteiger partial charge is 0.457 e. The van der Waals surface area contributed by atoms with Crippen molar-refractivity contribution in [2.75, 3.05) is 0 Å². The lowest BCUT2D eigenvalue weighted by atomic mass is 9.84. The van der Waals surface area contributed by atoms with Crippen molar-refractivity contribution in [2.24, 2.45) is 0 Å². The number of aromatic nitrogens is 4. The van der Waals surface area contributed by atoms with E-state index in [1.807, 2.05) is 41.0 Å². The van der Waals surface area contributed by atoms with Crippen molar-refractivity contribution in [1.29, 1.82) is 0 Å². The van der Waals surface area contributed by atoms with Gasteiger partial charge >= 0.3 is 0 Å². The molecule has 0 atom stereocenters. The van der Waals surface area contributed by atoms with Gasteiger partial charge in [-0.05, 0) is 109 Å². The molecule has 0 aliphatic carbocycles. The molecule has 0 saturated heterocycles. The van der Waals surface area contributed by atoms with Crippen LogP contribution in [0.3, 0.4) is 0 Å². The standard InChI is InChI=1S/C70H50N4O/c1-70(2,3)49-39-40-71-66(41-49)74-62-35-18-17-32-57(62)61-43-60(48-25-11-6-12-26-48)65(44-64(61)74)75-51-28-19-27-50(42-51)72-45-73-68-59(34-20-36-63(68)72)56-31-14-13-29-54(56)55-30-15-16-33-58(55)67-52(46-21-7-4-8-22-46)37-38-53(69(67)73)47-23-9-5-10-24-47/h4-44H,1-3H3/i4D,5D,6D,7D,8D,9D,10D,11D,12D,15D,16D,21D,22D,23D,24D,25D,26D,30D,33D. The number of rotatable bonds is 7. The zero-order chi connectivity index (χ0) is 66.7. The molecule has 356 valence electrons. The second kappa shape index (κ2) is 17.6. The lowest BCUT2D eigenvalue weighted by Crippen LogP contribution is -2.32. The average Bonchev–Trinajstić information content (AvgIpc) is 1.42. The molecule has 0 N–H and O–H groups in total. The van der Waals surface area contributed by atoms with Crippen molar-refractivity contribution in [3.8, 4) is 95.5 Å². The molecule has 14 rings (SSSR count). The van der Waals surface area contributed by atoms with Gasteiger partial charge in [-0.15, -0.1) is 0 Å². The third kappa shape index (κ3) is 7.38. The molecule has 0 radical (unpaired) electrons. The van der Waals surface area contributed by atoms with E-state index in [-0.39, 0.29) is 72.7 Å². The SMILES string of the molecule is [2H]c1c([2H])c([2H])c(-c2cc3c4ccccc4n(-c4cc(C(C)(C)C)ccn4)c3cc2Oc2cccc(-n3[c-][n+]4c5c(cccc53)-c3ccccc3-c3c([2H])c([2H])c([2H])c([2H])c3-c3c(-c5c([2H])c([2H])c([2H])c([2H])c5[2H])ccc(-c5c([2H])c([2H])c([2H])c([2H])c5[2H])c3-4)c2)c([2H])c1[2H]. The highest BCUT2D eigenvalue weighted by Gasteiger charge is 2.29. The van der Waals surface area contributed by atoms with Crippen LogP contribution in [0.2, 0.25) is 0 Å². The van der Waals surface area contributed by atoms with Crippen molar-refractivity contribution in [2.45, 2.75) is 26.2 Å². The van der Waals surface area contributed by atoms with Crippen LogP contribution in [0.5, 0.6) is 11.5 Å². The Morgan fingerprint density at radius 1 is 0.493 bits per heavy atom. The third-order valence-electron chi connectivity index (χ3n) is 13.7. The summed E-state index contributed by atoms with van der Waals surface area (Å²) in [5.74, 6) is 0.865. The van der Waals surface area contributed by atoms with Crippen molar-refractivity contribution in [3.63, 3.8) is 0 Å². The third-order valence-corrected chi connectivity index (χ3v) is 13.7. The Balaban J connectivity index is 1.10. The number of para-hydroxylation sites is 2. The average molecular weight is 982 g/mol. The van der Waals surface area contributed by atoms with Gasteiger partial charge in [0.1, 0.15) is 17.3 Å². The molecule has 3 aromatic heterocycles. The molecule has 5 nitrogen and oxygen atoms in total. The Bertz CT molecular complexity index is 5450. The van der Waals surface area contributed by atoms with Crippen LogP contribution in [0.4, 0.5) is 0 Å². The second-order valence-electron chi connectivity index (χ2n) is 19.1. The molecular formula is C70H50N4O. The number of hydrogen-bond acceptors (Lipinski definition) is 2. The zero-order valence-corrected chi connectivity index (χ0v) is 40.4. The fraction of sp³-hybridized carbons (Fsp3) is 0.0571. The molecule has 1 aliphatic rings. The number of benzene rings is 10. The number of ether oxygens (including phenoxy) is 1. The molecular weight excluding hydrogens is 913 g/mol. The van der Waals surface area contributed by atoms with Gasteiger partial charge in [0.05, 0.1) is 59.5 Å². The van der Waals surface area contributed by atoms with E-state index in [4.69, 9.17) is 23.4 Å². The summed E-state index contributed by atoms with van der Waals surface area (Å²) in [5, 5.41) is 1.45. The minimum Gasteiger partial charge on any atom is -0.457 e. The van der Waals surface area contributed by atoms with E-state index in [9.17, 15) is 12.3 Å². The number of nitrogens with zero attached hydrogens (tertiary/aromatic N) is 4. The number of hydrogen-bond donors (Lipinski definition) is 0. The van der Waals surface area contributed by atoms with Gasteiger partial charge in [-0.25, -0.2) is 4.98 Å². The summed E-state index contributed by atoms with van der Waals surface area (Å²) in [6.45, 7) is 6.30. The van der Waals surface area contributed by atoms with Crippen molar-refractivity contribution < 1.29 is 35.3 Å². The van der Waals surface area contributed by atoms with Crippen LogP contribution in [0, 0.1) is 6.33 Å². The van der Waals surface area contributed by atoms with Crippen LogP contribution < -0.4 is 9.30 Å². The van der Waals surface area contributed by atoms with E-state index >= 15 is 0 Å². The summed E-state index contributed by atoms with van der Waals surface area (Å²) >= 11 is 0. The van der Waals surface area contributed by atoms with Gasteiger partial charge < -0.3 is 4.74 Å². The summed E-state index contributed by atoms with van der Waals surface area (Å²) in [6.07, 6.45) is 5.25. The smallest absolute Gasteiger partial charge is 0.269 e. The second-order valence-corrected chi connectivity index (χ2v) is 19.1. The first kappa shape index (κ1) is 28.6. The highest BCUT2D eigenvalue weighted by molar-refractivity contribution is 6.11. The van der Waals surface area contributed by atoms with Gasteiger partial charge in [0.25, 0.3) is 6.33 Å². The van der Waals surface area contributed by atoms with Gasteiger partial charge in [-0.3, -0.25) is 13.7 Å². The van der Waals surface area contributed by atoms with Gasteiger partial charge in [0.15, 0.2) is 0 Å². The van der Waals surface area contributed by atoms with Crippen molar-refractivity contribution in [3.05, 3.63) is 260 Å². The number of pyridine rings is 1. The fourth-order valence-corrected chi connectivity index (χ4v) is 10.3. The van der Waals surface area contributed by atoms with Crippen LogP contribution in [0.25, 0.3) is 117 Å². The summed E-state index contributed by atoms with van der Waals surface area (Å²) in [7, 11) is 0. The Kier molecular flexibility index (Phi) is 6.70. The first-order chi connectivity index (χ1) is 44.7. The molecule has 10 aromatic carbocycles. The topological polar surface area (TPSA) is 35.9 Å². The first-order valence-corrected chi connectivity index (χ1v) is 24.1. The van der Waals surface area contributed by atoms with Crippen LogP contribution in [0.1, 0.15) is 52.4 Å². The molecule has 0 saturated carbocycles. The first-order valence-electron chi connectivity index (χ1n) is 33.6. The summed E-state index contributed by atoms with van der Waals surface area (Å²) in [5.41, 5.74) is 3.01. The highest BCUT2D eigenvalue weighted by Crippen LogP contribution is 2.49. The van der Waals surface area contributed by atoms with Crippen LogP contribution in [0.15, 0.2) is 248 Å². The Labute approximate surface area is 463 Å². The minimum absolute atomic E-state index is 0.0496. The molecule has 0 bridgehead atoms. The van der Waals surface area contributed by atoms with E-state index in [0.717, 1.165) is 16.5 Å². The summed E-state index contributed by atoms with van der Waals surface area (Å²) in [6, 6.07) is 25.1. The Morgan fingerprint density at radius 2 is 1.11 bits per heavy atom. The lowest BCUT2D eigenvalue weighted by molar-refractivity contribution is -0.570. The normalized spacial score (nSPS) is 15.5. The molecule has 1 aliphatic heterocycles. The highest BCUT2D eigenvalue weighted by atomic mass is 16.5. The number of fused-ring (bicyclic) bond motifs is 10. The van der Waals surface area contributed by atoms with E-state index in [1.165, 1.54) is 12.1 Å². The lowest BCUT2D eigenvalue weighted by Gasteiger charge is -2.22. The van der Waals surface area contributed by atoms with E-state index in [1.54, 1.807) is 94.2 Å². The Hall–Kier alpha value is -9.58. The molecule has 0 unspecified atom stereocenters. The maximum atomic E-state index is 9.97. The predicted molar refractivity (Wildman–Crippen MR) is 307 cm³/mol. The molecule has 0 amide bonds. The molecule has 4 heterocycles. The van der Waals surface area contributed by atoms with Gasteiger partial charge in [-0.1, -0.05) is 214 Å². The van der Waals surface area contributed by atoms with Crippen LogP contribution >= 0.6 is 0 Å². The predicted octanol–water partition coefficient (Wildman–Crippen LogP) is 17.6. The maximum absolute atomic E-state index is 9.97. The van der Waals surface area contributed by atoms with Gasteiger partial charge in [0, 0.05) is 34.2 Å². The molecule has 75 heavy (non-hydrogen) atoms. The summed E-state index contributed by atoms with van der Waals surface area (Å²) < 4.78 is 186. The van der Waals surface area contributed by atoms with Crippen molar-refractivity contribution in [1.82, 2.24) is 14.1 Å². The van der Waals surface area contributed by atoms with Gasteiger partial charge in [-0.2, -0.15) is 0 Å². The number of imidazole rings is 1. The quantitative estimate of drug-likeness (QED) is 0.118. The Morgan fingerprint density at radius 3 is 1.85 bits per heavy atom. The van der Waals surface area contributed by atoms with E-state index in [0.29, 0.717) is 50.1 Å². The van der Waals surface area contributed by atoms with Gasteiger partial charge in [0.2, 0.25) is 0 Å². The van der Waals surface area contributed by atoms with Crippen molar-refractivity contribution >= 4 is 32.8 Å². The maximum Gasteiger partial charge on any atom is 0.269 e. The van der Waals surface area contributed by atoms with E-state index in [2.05, 4.69) is 27.1 Å². The molecule has 5 heteroatoms. The molecule has 0 spiro atoms. The monoisotopic (exact) mass is 982 g/mol. The minimum atomic E-state index is -0.714. The van der Waals surface area contributed by atoms with Crippen LogP contribution in [-0.2, 0) is 5.41 Å². The molecule has 13 aromatic rings. The fourth-order valence-electron chi connectivity index (χ4n) is 10.3. The summed E-state index contributed by atoms with van der Waals surface area (Å²) in [4.78, 5) is 4.86. The molecule has 0 fully saturated rings. The van der Waals surface area contributed by atoms with Crippen LogP contribution in [-0.4, -0.2) is 14.1 Å². The zero-order valence-electron chi connectivity index (χ0n) is 59.4. The van der Waals surface area contributed by atoms with E-state index < -0.39 is 115 Å².